The first-order valence-electron chi connectivity index (χ1n) is 12.0. The molecule has 7 nitrogen and oxygen atoms in total. The molecule has 0 spiro atoms. The predicted molar refractivity (Wildman–Crippen MR) is 140 cm³/mol. The predicted octanol–water partition coefficient (Wildman–Crippen LogP) is 5.08. The summed E-state index contributed by atoms with van der Waals surface area (Å²) in [6, 6.07) is 9.68. The Bertz CT molecular complexity index is 1310. The number of urea groups is 1. The number of imide groups is 1. The average Bonchev–Trinajstić information content (AvgIpc) is 3.06. The number of carbonyl (C=O) groups excluding carboxylic acids is 3. The number of halogens is 1. The van der Waals surface area contributed by atoms with E-state index in [4.69, 9.17) is 0 Å². The Labute approximate surface area is 210 Å². The summed E-state index contributed by atoms with van der Waals surface area (Å²) in [6.45, 7) is 10.4. The molecular weight excluding hydrogens is 459 g/mol. The van der Waals surface area contributed by atoms with Crippen LogP contribution in [0.2, 0.25) is 0 Å². The maximum absolute atomic E-state index is 15.2. The summed E-state index contributed by atoms with van der Waals surface area (Å²) in [5.41, 5.74) is 4.01. The van der Waals surface area contributed by atoms with Crippen LogP contribution < -0.4 is 15.5 Å². The van der Waals surface area contributed by atoms with Crippen molar-refractivity contribution in [2.45, 2.75) is 46.6 Å². The van der Waals surface area contributed by atoms with Gasteiger partial charge in [0, 0.05) is 29.0 Å². The fourth-order valence-corrected chi connectivity index (χ4v) is 4.77. The average molecular weight is 491 g/mol. The first kappa shape index (κ1) is 25.2. The van der Waals surface area contributed by atoms with Crippen LogP contribution in [0.4, 0.5) is 20.6 Å². The smallest absolute Gasteiger partial charge is 0.329 e. The Balaban J connectivity index is 1.58. The van der Waals surface area contributed by atoms with E-state index in [9.17, 15) is 14.4 Å². The zero-order valence-corrected chi connectivity index (χ0v) is 21.2. The molecule has 2 heterocycles. The van der Waals surface area contributed by atoms with Gasteiger partial charge in [-0.25, -0.2) is 14.1 Å². The van der Waals surface area contributed by atoms with E-state index in [1.54, 1.807) is 18.2 Å². The van der Waals surface area contributed by atoms with Gasteiger partial charge in [-0.3, -0.25) is 9.59 Å². The second-order valence-electron chi connectivity index (χ2n) is 9.77. The number of amides is 4. The molecule has 8 heteroatoms. The van der Waals surface area contributed by atoms with E-state index >= 15 is 4.39 Å². The van der Waals surface area contributed by atoms with E-state index < -0.39 is 30.2 Å². The Kier molecular flexibility index (Phi) is 6.71. The van der Waals surface area contributed by atoms with Crippen molar-refractivity contribution in [1.82, 2.24) is 10.2 Å². The van der Waals surface area contributed by atoms with Crippen LogP contribution in [0, 0.1) is 12.7 Å². The molecule has 0 aromatic heterocycles. The van der Waals surface area contributed by atoms with Gasteiger partial charge in [-0.2, -0.15) is 0 Å². The molecule has 0 bridgehead atoms. The fraction of sp³-hybridized carbons (Fsp3) is 0.321. The molecule has 2 N–H and O–H groups in total. The van der Waals surface area contributed by atoms with E-state index in [2.05, 4.69) is 42.4 Å². The van der Waals surface area contributed by atoms with Crippen molar-refractivity contribution in [3.05, 3.63) is 70.7 Å². The standard InChI is InChI=1S/C28H31FN4O3/c1-6-11-33-24-14-21(29)19(12-20(24)18(3)15-28(33,4)5)13-23-26(35)32(27(36)31-23)16-25(34)30-22-10-8-7-9-17(22)2/h7-10,12-15H,6,11,16H2,1-5H3,(H,30,34)(H,31,36)/b23-13+. The molecule has 0 unspecified atom stereocenters. The zero-order valence-electron chi connectivity index (χ0n) is 21.2. The van der Waals surface area contributed by atoms with E-state index in [1.807, 2.05) is 26.0 Å². The van der Waals surface area contributed by atoms with Crippen molar-refractivity contribution < 1.29 is 18.8 Å². The van der Waals surface area contributed by atoms with Gasteiger partial charge in [0.05, 0.1) is 5.54 Å². The molecule has 0 aliphatic carbocycles. The molecule has 0 atom stereocenters. The minimum absolute atomic E-state index is 0.0780. The van der Waals surface area contributed by atoms with Crippen LogP contribution in [-0.2, 0) is 9.59 Å². The molecule has 1 fully saturated rings. The van der Waals surface area contributed by atoms with Crippen LogP contribution >= 0.6 is 0 Å². The molecule has 0 radical (unpaired) electrons. The van der Waals surface area contributed by atoms with Gasteiger partial charge in [0.15, 0.2) is 0 Å². The highest BCUT2D eigenvalue weighted by Crippen LogP contribution is 2.40. The van der Waals surface area contributed by atoms with Crippen molar-refractivity contribution in [3.63, 3.8) is 0 Å². The third-order valence-corrected chi connectivity index (χ3v) is 6.53. The summed E-state index contributed by atoms with van der Waals surface area (Å²) in [5, 5.41) is 5.18. The SMILES string of the molecule is CCCN1c2cc(F)c(/C=C3/NC(=O)N(CC(=O)Nc4ccccc4C)C3=O)cc2C(C)=CC1(C)C. The number of nitrogens with one attached hydrogen (secondary N) is 2. The molecular formula is C28H31FN4O3. The third-order valence-electron chi connectivity index (χ3n) is 6.53. The fourth-order valence-electron chi connectivity index (χ4n) is 4.77. The summed E-state index contributed by atoms with van der Waals surface area (Å²) in [4.78, 5) is 40.8. The highest BCUT2D eigenvalue weighted by Gasteiger charge is 2.36. The van der Waals surface area contributed by atoms with Gasteiger partial charge >= 0.3 is 6.03 Å². The second-order valence-corrected chi connectivity index (χ2v) is 9.77. The quantitative estimate of drug-likeness (QED) is 0.437. The van der Waals surface area contributed by atoms with Gasteiger partial charge < -0.3 is 15.5 Å². The lowest BCUT2D eigenvalue weighted by Gasteiger charge is -2.43. The number of fused-ring (bicyclic) bond motifs is 1. The Morgan fingerprint density at radius 1 is 1.17 bits per heavy atom. The van der Waals surface area contributed by atoms with Crippen LogP contribution in [0.3, 0.4) is 0 Å². The highest BCUT2D eigenvalue weighted by molar-refractivity contribution is 6.16. The number of nitrogens with zero attached hydrogens (tertiary/aromatic N) is 2. The number of allylic oxidation sites excluding steroid dienone is 1. The van der Waals surface area contributed by atoms with Crippen LogP contribution in [0.5, 0.6) is 0 Å². The van der Waals surface area contributed by atoms with Gasteiger partial charge in [-0.1, -0.05) is 31.2 Å². The monoisotopic (exact) mass is 490 g/mol. The van der Waals surface area contributed by atoms with Crippen LogP contribution in [0.15, 0.2) is 48.2 Å². The van der Waals surface area contributed by atoms with E-state index in [0.717, 1.165) is 40.3 Å². The molecule has 36 heavy (non-hydrogen) atoms. The number of rotatable bonds is 6. The molecule has 4 rings (SSSR count). The molecule has 188 valence electrons. The number of hydrogen-bond donors (Lipinski definition) is 2. The van der Waals surface area contributed by atoms with Gasteiger partial charge in [-0.05, 0) is 69.5 Å². The normalized spacial score (nSPS) is 17.7. The number of carbonyl (C=O) groups is 3. The molecule has 1 saturated heterocycles. The van der Waals surface area contributed by atoms with E-state index in [0.29, 0.717) is 5.69 Å². The number of aryl methyl sites for hydroxylation is 1. The van der Waals surface area contributed by atoms with Gasteiger partial charge in [0.1, 0.15) is 18.1 Å². The topological polar surface area (TPSA) is 81.8 Å². The van der Waals surface area contributed by atoms with Crippen molar-refractivity contribution in [1.29, 1.82) is 0 Å². The van der Waals surface area contributed by atoms with Crippen LogP contribution in [0.25, 0.3) is 11.6 Å². The largest absolute Gasteiger partial charge is 0.362 e. The van der Waals surface area contributed by atoms with Gasteiger partial charge in [-0.15, -0.1) is 0 Å². The number of hydrogen-bond acceptors (Lipinski definition) is 4. The zero-order chi connectivity index (χ0) is 26.2. The van der Waals surface area contributed by atoms with Crippen LogP contribution in [0.1, 0.15) is 50.8 Å². The van der Waals surface area contributed by atoms with Gasteiger partial charge in [0.25, 0.3) is 5.91 Å². The Morgan fingerprint density at radius 3 is 2.58 bits per heavy atom. The molecule has 2 aromatic rings. The number of para-hydroxylation sites is 1. The lowest BCUT2D eigenvalue weighted by Crippen LogP contribution is -2.45. The highest BCUT2D eigenvalue weighted by atomic mass is 19.1. The summed E-state index contributed by atoms with van der Waals surface area (Å²) in [7, 11) is 0. The summed E-state index contributed by atoms with van der Waals surface area (Å²) in [6.07, 6.45) is 4.39. The lowest BCUT2D eigenvalue weighted by molar-refractivity contribution is -0.127. The number of benzene rings is 2. The first-order chi connectivity index (χ1) is 17.0. The van der Waals surface area contributed by atoms with Crippen molar-refractivity contribution in [3.8, 4) is 0 Å². The Morgan fingerprint density at radius 2 is 1.89 bits per heavy atom. The van der Waals surface area contributed by atoms with E-state index in [1.165, 1.54) is 12.1 Å². The summed E-state index contributed by atoms with van der Waals surface area (Å²) < 4.78 is 15.2. The van der Waals surface area contributed by atoms with E-state index in [-0.39, 0.29) is 16.8 Å². The third kappa shape index (κ3) is 4.76. The molecule has 4 amide bonds. The Hall–Kier alpha value is -3.94. The maximum atomic E-state index is 15.2. The second kappa shape index (κ2) is 9.60. The maximum Gasteiger partial charge on any atom is 0.329 e. The molecule has 2 aromatic carbocycles. The van der Waals surface area contributed by atoms with Gasteiger partial charge in [0.2, 0.25) is 5.91 Å². The minimum Gasteiger partial charge on any atom is -0.362 e. The van der Waals surface area contributed by atoms with Crippen molar-refractivity contribution in [2.24, 2.45) is 0 Å². The van der Waals surface area contributed by atoms with Crippen LogP contribution in [-0.4, -0.2) is 41.4 Å². The molecule has 2 aliphatic heterocycles. The van der Waals surface area contributed by atoms with Crippen molar-refractivity contribution >= 4 is 40.9 Å². The minimum atomic E-state index is -0.725. The number of anilines is 2. The summed E-state index contributed by atoms with van der Waals surface area (Å²) in [5.74, 6) is -1.68. The van der Waals surface area contributed by atoms with Crippen molar-refractivity contribution in [2.75, 3.05) is 23.3 Å². The first-order valence-corrected chi connectivity index (χ1v) is 12.0. The molecule has 2 aliphatic rings. The summed E-state index contributed by atoms with van der Waals surface area (Å²) >= 11 is 0. The molecule has 0 saturated carbocycles. The lowest BCUT2D eigenvalue weighted by atomic mass is 9.87.